The lowest BCUT2D eigenvalue weighted by atomic mass is 9.96. The Morgan fingerprint density at radius 1 is 1.36 bits per heavy atom. The van der Waals surface area contributed by atoms with Gasteiger partial charge in [-0.2, -0.15) is 0 Å². The van der Waals surface area contributed by atoms with Gasteiger partial charge in [0.25, 0.3) is 5.54 Å². The van der Waals surface area contributed by atoms with Crippen LogP contribution in [0.25, 0.3) is 4.85 Å². The van der Waals surface area contributed by atoms with Crippen LogP contribution in [0.4, 0.5) is 10.5 Å². The molecule has 1 N–H and O–H groups in total. The minimum atomic E-state index is -0.397. The molecule has 3 fully saturated rings. The third-order valence-electron chi connectivity index (χ3n) is 5.82. The Bertz CT molecular complexity index is 742. The molecule has 6 nitrogen and oxygen atoms in total. The van der Waals surface area contributed by atoms with Gasteiger partial charge < -0.3 is 14.9 Å². The van der Waals surface area contributed by atoms with Crippen LogP contribution < -0.4 is 10.2 Å². The van der Waals surface area contributed by atoms with Crippen molar-refractivity contribution in [3.63, 3.8) is 0 Å². The molecule has 0 aromatic heterocycles. The van der Waals surface area contributed by atoms with Crippen LogP contribution >= 0.6 is 0 Å². The lowest BCUT2D eigenvalue weighted by Crippen LogP contribution is -2.33. The van der Waals surface area contributed by atoms with E-state index in [0.717, 1.165) is 24.1 Å². The van der Waals surface area contributed by atoms with Crippen molar-refractivity contribution >= 4 is 17.7 Å². The van der Waals surface area contributed by atoms with Crippen molar-refractivity contribution < 1.29 is 14.3 Å². The van der Waals surface area contributed by atoms with Crippen LogP contribution in [0.1, 0.15) is 31.7 Å². The van der Waals surface area contributed by atoms with Gasteiger partial charge in [0, 0.05) is 18.2 Å². The molecule has 4 atom stereocenters. The maximum absolute atomic E-state index is 12.1. The molecule has 1 unspecified atom stereocenters. The molecule has 1 aromatic carbocycles. The van der Waals surface area contributed by atoms with Gasteiger partial charge in [0.15, 0.2) is 0 Å². The number of carbonyl (C=O) groups is 2. The van der Waals surface area contributed by atoms with Gasteiger partial charge in [0.2, 0.25) is 5.91 Å². The molecule has 3 aliphatic rings. The molecule has 0 radical (unpaired) electrons. The second kappa shape index (κ2) is 5.76. The fourth-order valence-electron chi connectivity index (χ4n) is 4.58. The SMILES string of the molecule is [C-]#[N+]C1(c2ccc(N3C[C@H](CNC(C)=O)OC3=O)cc2)[C@@H]2CCC[C@@H]21. The average Bonchev–Trinajstić information content (AvgIpc) is 2.95. The number of benzene rings is 1. The zero-order chi connectivity index (χ0) is 17.6. The van der Waals surface area contributed by atoms with Gasteiger partial charge >= 0.3 is 6.09 Å². The Balaban J connectivity index is 1.47. The number of amides is 2. The number of nitrogens with one attached hydrogen (secondary N) is 1. The van der Waals surface area contributed by atoms with E-state index in [4.69, 9.17) is 11.3 Å². The van der Waals surface area contributed by atoms with Gasteiger partial charge in [-0.3, -0.25) is 9.69 Å². The summed E-state index contributed by atoms with van der Waals surface area (Å²) in [4.78, 5) is 28.6. The Kier molecular flexibility index (Phi) is 3.68. The molecule has 130 valence electrons. The molecule has 0 bridgehead atoms. The summed E-state index contributed by atoms with van der Waals surface area (Å²) in [6.07, 6.45) is 2.80. The van der Waals surface area contributed by atoms with E-state index in [1.807, 2.05) is 24.3 Å². The van der Waals surface area contributed by atoms with E-state index in [0.29, 0.717) is 24.9 Å². The van der Waals surface area contributed by atoms with Crippen LogP contribution in [0.2, 0.25) is 0 Å². The largest absolute Gasteiger partial charge is 0.442 e. The highest BCUT2D eigenvalue weighted by Gasteiger charge is 2.74. The quantitative estimate of drug-likeness (QED) is 0.858. The van der Waals surface area contributed by atoms with E-state index in [1.54, 1.807) is 4.90 Å². The molecule has 1 saturated heterocycles. The van der Waals surface area contributed by atoms with Crippen molar-refractivity contribution in [1.82, 2.24) is 5.32 Å². The first-order valence-electron chi connectivity index (χ1n) is 8.78. The van der Waals surface area contributed by atoms with Gasteiger partial charge in [-0.25, -0.2) is 11.4 Å². The standard InChI is InChI=1S/C19H21N3O3/c1-12(23)21-10-15-11-22(18(24)25-15)14-8-6-13(7-9-14)19(20-2)16-4-3-5-17(16)19/h6-9,15-17H,3-5,10-11H2,1H3,(H,21,23)/t15-,16-,17+,19?/m0/s1. The van der Waals surface area contributed by atoms with E-state index < -0.39 is 6.09 Å². The molecule has 1 aromatic rings. The van der Waals surface area contributed by atoms with E-state index in [-0.39, 0.29) is 17.6 Å². The summed E-state index contributed by atoms with van der Waals surface area (Å²) < 4.78 is 5.29. The van der Waals surface area contributed by atoms with Crippen LogP contribution in [0.3, 0.4) is 0 Å². The van der Waals surface area contributed by atoms with Gasteiger partial charge in [-0.1, -0.05) is 6.42 Å². The summed E-state index contributed by atoms with van der Waals surface area (Å²) in [5.41, 5.74) is 1.52. The minimum Gasteiger partial charge on any atom is -0.442 e. The van der Waals surface area contributed by atoms with Crippen molar-refractivity contribution in [2.75, 3.05) is 18.0 Å². The van der Waals surface area contributed by atoms with Crippen LogP contribution in [0, 0.1) is 18.4 Å². The van der Waals surface area contributed by atoms with Gasteiger partial charge in [-0.15, -0.1) is 0 Å². The molecule has 25 heavy (non-hydrogen) atoms. The molecule has 1 aliphatic heterocycles. The number of hydrogen-bond acceptors (Lipinski definition) is 3. The maximum atomic E-state index is 12.1. The molecule has 4 rings (SSSR count). The molecular weight excluding hydrogens is 318 g/mol. The highest BCUT2D eigenvalue weighted by atomic mass is 16.6. The third kappa shape index (κ3) is 2.46. The van der Waals surface area contributed by atoms with Gasteiger partial charge in [0.05, 0.1) is 24.9 Å². The highest BCUT2D eigenvalue weighted by molar-refractivity contribution is 5.89. The molecule has 2 aliphatic carbocycles. The van der Waals surface area contributed by atoms with Crippen molar-refractivity contribution in [3.05, 3.63) is 41.2 Å². The first-order valence-corrected chi connectivity index (χ1v) is 8.78. The number of rotatable bonds is 4. The number of hydrogen-bond donors (Lipinski definition) is 1. The zero-order valence-electron chi connectivity index (χ0n) is 14.2. The monoisotopic (exact) mass is 339 g/mol. The molecule has 6 heteroatoms. The summed E-state index contributed by atoms with van der Waals surface area (Å²) in [6.45, 7) is 9.84. The number of cyclic esters (lactones) is 1. The van der Waals surface area contributed by atoms with Crippen LogP contribution in [-0.4, -0.2) is 31.2 Å². The Morgan fingerprint density at radius 2 is 2.04 bits per heavy atom. The second-order valence-corrected chi connectivity index (χ2v) is 7.18. The van der Waals surface area contributed by atoms with Gasteiger partial charge in [-0.05, 0) is 37.1 Å². The molecule has 1 heterocycles. The maximum Gasteiger partial charge on any atom is 0.414 e. The van der Waals surface area contributed by atoms with Crippen molar-refractivity contribution in [2.24, 2.45) is 11.8 Å². The first-order chi connectivity index (χ1) is 12.1. The molecule has 0 spiro atoms. The van der Waals surface area contributed by atoms with Crippen LogP contribution in [-0.2, 0) is 15.1 Å². The summed E-state index contributed by atoms with van der Waals surface area (Å²) in [7, 11) is 0. The lowest BCUT2D eigenvalue weighted by Gasteiger charge is -2.15. The first kappa shape index (κ1) is 15.9. The molecular formula is C19H21N3O3. The number of ether oxygens (including phenoxy) is 1. The van der Waals surface area contributed by atoms with E-state index >= 15 is 0 Å². The predicted octanol–water partition coefficient (Wildman–Crippen LogP) is 2.69. The average molecular weight is 339 g/mol. The second-order valence-electron chi connectivity index (χ2n) is 7.18. The van der Waals surface area contributed by atoms with Crippen molar-refractivity contribution in [1.29, 1.82) is 0 Å². The number of fused-ring (bicyclic) bond motifs is 1. The minimum absolute atomic E-state index is 0.140. The molecule has 2 saturated carbocycles. The van der Waals surface area contributed by atoms with Crippen LogP contribution in [0.5, 0.6) is 0 Å². The zero-order valence-corrected chi connectivity index (χ0v) is 14.2. The number of nitrogens with zero attached hydrogens (tertiary/aromatic N) is 2. The smallest absolute Gasteiger partial charge is 0.414 e. The summed E-state index contributed by atoms with van der Waals surface area (Å²) >= 11 is 0. The topological polar surface area (TPSA) is 63.0 Å². The fraction of sp³-hybridized carbons (Fsp3) is 0.526. The lowest BCUT2D eigenvalue weighted by molar-refractivity contribution is -0.119. The van der Waals surface area contributed by atoms with E-state index in [9.17, 15) is 9.59 Å². The Labute approximate surface area is 147 Å². The third-order valence-corrected chi connectivity index (χ3v) is 5.82. The summed E-state index contributed by atoms with van der Waals surface area (Å²) in [5, 5.41) is 2.67. The summed E-state index contributed by atoms with van der Waals surface area (Å²) in [5.74, 6) is 0.877. The van der Waals surface area contributed by atoms with Crippen LogP contribution in [0.15, 0.2) is 24.3 Å². The fourth-order valence-corrected chi connectivity index (χ4v) is 4.58. The Morgan fingerprint density at radius 3 is 2.64 bits per heavy atom. The number of carbonyl (C=O) groups excluding carboxylic acids is 2. The molecule has 2 amide bonds. The highest BCUT2D eigenvalue weighted by Crippen LogP contribution is 2.68. The van der Waals surface area contributed by atoms with E-state index in [2.05, 4.69) is 10.2 Å². The van der Waals surface area contributed by atoms with Gasteiger partial charge in [0.1, 0.15) is 6.10 Å². The summed E-state index contributed by atoms with van der Waals surface area (Å²) in [6, 6.07) is 7.77. The van der Waals surface area contributed by atoms with Crippen molar-refractivity contribution in [3.8, 4) is 0 Å². The Hall–Kier alpha value is -2.55. The normalized spacial score (nSPS) is 32.7. The van der Waals surface area contributed by atoms with Crippen molar-refractivity contribution in [2.45, 2.75) is 37.8 Å². The number of anilines is 1. The predicted molar refractivity (Wildman–Crippen MR) is 91.9 cm³/mol. The van der Waals surface area contributed by atoms with E-state index in [1.165, 1.54) is 13.3 Å².